The van der Waals surface area contributed by atoms with Crippen LogP contribution in [-0.4, -0.2) is 28.5 Å². The van der Waals surface area contributed by atoms with Crippen molar-refractivity contribution in [1.82, 2.24) is 9.97 Å². The molecule has 2 unspecified atom stereocenters. The monoisotopic (exact) mass is 478 g/mol. The first-order valence-electron chi connectivity index (χ1n) is 11.6. The molecule has 0 amide bonds. The van der Waals surface area contributed by atoms with Crippen molar-refractivity contribution in [2.24, 2.45) is 16.6 Å². The summed E-state index contributed by atoms with van der Waals surface area (Å²) < 4.78 is 27.2. The molecule has 3 aliphatic rings. The molecule has 1 fully saturated rings. The summed E-state index contributed by atoms with van der Waals surface area (Å²) >= 11 is 6.30. The van der Waals surface area contributed by atoms with E-state index >= 15 is 0 Å². The normalized spacial score (nSPS) is 24.2. The van der Waals surface area contributed by atoms with E-state index in [0.717, 1.165) is 24.0 Å². The van der Waals surface area contributed by atoms with E-state index in [4.69, 9.17) is 31.8 Å². The summed E-state index contributed by atoms with van der Waals surface area (Å²) in [6, 6.07) is 10.7. The van der Waals surface area contributed by atoms with Gasteiger partial charge < -0.3 is 15.2 Å². The Hall–Kier alpha value is -3.03. The molecule has 1 spiro atoms. The van der Waals surface area contributed by atoms with Gasteiger partial charge in [0.15, 0.2) is 5.75 Å². The minimum atomic E-state index is -0.973. The quantitative estimate of drug-likeness (QED) is 0.483. The predicted octanol–water partition coefficient (Wildman–Crippen LogP) is 5.62. The second-order valence-electron chi connectivity index (χ2n) is 9.18. The van der Waals surface area contributed by atoms with Crippen molar-refractivity contribution >= 4 is 17.4 Å². The molecule has 1 aliphatic carbocycles. The number of rotatable bonds is 2. The third-order valence-corrected chi connectivity index (χ3v) is 7.36. The van der Waals surface area contributed by atoms with Crippen LogP contribution in [0.5, 0.6) is 11.5 Å². The number of aromatic nitrogens is 2. The van der Waals surface area contributed by atoms with E-state index in [1.54, 1.807) is 24.4 Å². The number of amidine groups is 1. The molecule has 1 saturated carbocycles. The lowest BCUT2D eigenvalue weighted by molar-refractivity contribution is 0.00780. The van der Waals surface area contributed by atoms with E-state index in [1.807, 2.05) is 18.2 Å². The first-order chi connectivity index (χ1) is 16.5. The molecular weight excluding hydrogens is 455 g/mol. The van der Waals surface area contributed by atoms with Gasteiger partial charge in [-0.25, -0.2) is 9.97 Å². The number of fused-ring (bicyclic) bond motifs is 4. The Morgan fingerprint density at radius 3 is 2.65 bits per heavy atom. The van der Waals surface area contributed by atoms with Crippen molar-refractivity contribution in [1.29, 1.82) is 0 Å². The molecule has 2 aliphatic heterocycles. The van der Waals surface area contributed by atoms with Crippen LogP contribution < -0.4 is 10.5 Å². The van der Waals surface area contributed by atoms with Crippen molar-refractivity contribution in [3.05, 3.63) is 71.0 Å². The van der Waals surface area contributed by atoms with Gasteiger partial charge in [-0.1, -0.05) is 36.9 Å². The Bertz CT molecular complexity index is 1290. The van der Waals surface area contributed by atoms with Crippen molar-refractivity contribution in [3.63, 3.8) is 0 Å². The van der Waals surface area contributed by atoms with E-state index in [-0.39, 0.29) is 12.7 Å². The zero-order chi connectivity index (χ0) is 23.3. The van der Waals surface area contributed by atoms with Crippen LogP contribution in [-0.2, 0) is 10.3 Å². The molecule has 174 valence electrons. The number of nitrogens with two attached hydrogens (primary N) is 1. The summed E-state index contributed by atoms with van der Waals surface area (Å²) in [4.78, 5) is 13.1. The summed E-state index contributed by atoms with van der Waals surface area (Å²) in [6.45, 7) is 0.275. The number of hydrogen-bond acceptors (Lipinski definition) is 6. The summed E-state index contributed by atoms with van der Waals surface area (Å²) in [7, 11) is 0. The second kappa shape index (κ2) is 8.32. The summed E-state index contributed by atoms with van der Waals surface area (Å²) in [5.41, 5.74) is 8.17. The number of aliphatic imine (C=N–C) groups is 1. The van der Waals surface area contributed by atoms with Gasteiger partial charge in [0.05, 0.1) is 12.8 Å². The molecule has 3 aromatic rings. The zero-order valence-electron chi connectivity index (χ0n) is 18.5. The maximum absolute atomic E-state index is 14.5. The van der Waals surface area contributed by atoms with Gasteiger partial charge in [-0.05, 0) is 54.7 Å². The van der Waals surface area contributed by atoms with Gasteiger partial charge in [0.2, 0.25) is 5.95 Å². The van der Waals surface area contributed by atoms with Crippen LogP contribution in [0.15, 0.2) is 53.8 Å². The van der Waals surface area contributed by atoms with E-state index in [2.05, 4.69) is 9.97 Å². The van der Waals surface area contributed by atoms with Gasteiger partial charge in [-0.15, -0.1) is 0 Å². The van der Waals surface area contributed by atoms with Gasteiger partial charge >= 0.3 is 0 Å². The summed E-state index contributed by atoms with van der Waals surface area (Å²) in [6.07, 6.45) is 8.61. The van der Waals surface area contributed by atoms with Gasteiger partial charge in [-0.2, -0.15) is 4.39 Å². The summed E-state index contributed by atoms with van der Waals surface area (Å²) in [5.74, 6) is 1.45. The third-order valence-electron chi connectivity index (χ3n) is 7.16. The highest BCUT2D eigenvalue weighted by Crippen LogP contribution is 2.52. The highest BCUT2D eigenvalue weighted by molar-refractivity contribution is 6.29. The lowest BCUT2D eigenvalue weighted by atomic mass is 9.78. The van der Waals surface area contributed by atoms with E-state index in [1.165, 1.54) is 25.5 Å². The first-order valence-corrected chi connectivity index (χ1v) is 12.0. The number of halogens is 2. The van der Waals surface area contributed by atoms with Crippen molar-refractivity contribution in [2.45, 2.75) is 43.7 Å². The van der Waals surface area contributed by atoms with Crippen LogP contribution in [0.2, 0.25) is 5.15 Å². The molecule has 8 heteroatoms. The Labute approximate surface area is 202 Å². The van der Waals surface area contributed by atoms with Crippen LogP contribution in [0.1, 0.15) is 43.2 Å². The lowest BCUT2D eigenvalue weighted by Gasteiger charge is -2.43. The number of ether oxygens (including phenoxy) is 2. The number of pyridine rings is 2. The molecule has 1 aromatic carbocycles. The van der Waals surface area contributed by atoms with Crippen LogP contribution in [0.25, 0.3) is 11.1 Å². The average Bonchev–Trinajstić information content (AvgIpc) is 2.86. The Morgan fingerprint density at radius 2 is 1.85 bits per heavy atom. The minimum Gasteiger partial charge on any atom is -0.455 e. The molecule has 6 rings (SSSR count). The van der Waals surface area contributed by atoms with Gasteiger partial charge in [0.25, 0.3) is 0 Å². The largest absolute Gasteiger partial charge is 0.455 e. The SMILES string of the molecule is NC1=NC2(COC1C1CCCCC1)c1cc(-c3cccnc3F)ccc1Oc1cnc(Cl)cc12. The van der Waals surface area contributed by atoms with Crippen molar-refractivity contribution in [2.75, 3.05) is 6.61 Å². The fraction of sp³-hybridized carbons (Fsp3) is 0.346. The Kier molecular flexibility index (Phi) is 5.26. The number of benzene rings is 1. The molecule has 0 radical (unpaired) electrons. The van der Waals surface area contributed by atoms with Gasteiger partial charge in [0, 0.05) is 22.9 Å². The summed E-state index contributed by atoms with van der Waals surface area (Å²) in [5, 5.41) is 0.322. The molecule has 0 saturated heterocycles. The topological polar surface area (TPSA) is 82.6 Å². The predicted molar refractivity (Wildman–Crippen MR) is 128 cm³/mol. The van der Waals surface area contributed by atoms with E-state index in [0.29, 0.717) is 39.5 Å². The molecule has 6 nitrogen and oxygen atoms in total. The smallest absolute Gasteiger partial charge is 0.220 e. The standard InChI is InChI=1S/C26H24ClFN4O2/c27-22-12-19-21(13-31-22)34-20-9-8-16(17-7-4-10-30-24(17)28)11-18(20)26(19)14-33-23(25(29)32-26)15-5-2-1-3-6-15/h4,7-13,15,23H,1-3,5-6,14H2,(H2,29,32). The maximum atomic E-state index is 14.5. The van der Waals surface area contributed by atoms with Gasteiger partial charge in [0.1, 0.15) is 28.4 Å². The van der Waals surface area contributed by atoms with Crippen LogP contribution in [0, 0.1) is 11.9 Å². The minimum absolute atomic E-state index is 0.211. The van der Waals surface area contributed by atoms with E-state index < -0.39 is 11.5 Å². The molecule has 0 bridgehead atoms. The maximum Gasteiger partial charge on any atom is 0.220 e. The van der Waals surface area contributed by atoms with Crippen LogP contribution >= 0.6 is 11.6 Å². The van der Waals surface area contributed by atoms with Crippen LogP contribution in [0.3, 0.4) is 0 Å². The molecule has 2 atom stereocenters. The molecular formula is C26H24ClFN4O2. The molecule has 2 aromatic heterocycles. The van der Waals surface area contributed by atoms with Crippen molar-refractivity contribution < 1.29 is 13.9 Å². The fourth-order valence-corrected chi connectivity index (χ4v) is 5.66. The molecule has 2 N–H and O–H groups in total. The fourth-order valence-electron chi connectivity index (χ4n) is 5.50. The van der Waals surface area contributed by atoms with Gasteiger partial charge in [-0.3, -0.25) is 4.99 Å². The number of hydrogen-bond donors (Lipinski definition) is 1. The third kappa shape index (κ3) is 3.46. The van der Waals surface area contributed by atoms with Crippen LogP contribution in [0.4, 0.5) is 4.39 Å². The molecule has 4 heterocycles. The number of nitrogens with zero attached hydrogens (tertiary/aromatic N) is 3. The first kappa shape index (κ1) is 21.5. The zero-order valence-corrected chi connectivity index (χ0v) is 19.3. The Morgan fingerprint density at radius 1 is 1.03 bits per heavy atom. The Balaban J connectivity index is 1.52. The highest BCUT2D eigenvalue weighted by Gasteiger charge is 2.48. The van der Waals surface area contributed by atoms with E-state index in [9.17, 15) is 4.39 Å². The van der Waals surface area contributed by atoms with Crippen molar-refractivity contribution in [3.8, 4) is 22.6 Å². The molecule has 34 heavy (non-hydrogen) atoms. The lowest BCUT2D eigenvalue weighted by Crippen LogP contribution is -2.49. The highest BCUT2D eigenvalue weighted by atomic mass is 35.5. The average molecular weight is 479 g/mol. The second-order valence-corrected chi connectivity index (χ2v) is 9.57.